The lowest BCUT2D eigenvalue weighted by Gasteiger charge is -2.32. The number of carbonyl (C=O) groups is 1. The van der Waals surface area contributed by atoms with Crippen LogP contribution in [0.4, 0.5) is 17.3 Å². The molecule has 3 aliphatic rings. The molecule has 4 heterocycles. The fraction of sp³-hybridized carbons (Fsp3) is 0.370. The minimum atomic E-state index is -0.115. The van der Waals surface area contributed by atoms with Crippen molar-refractivity contribution in [3.63, 3.8) is 0 Å². The molecule has 0 aliphatic carbocycles. The number of rotatable bonds is 1. The highest BCUT2D eigenvalue weighted by Crippen LogP contribution is 2.31. The van der Waals surface area contributed by atoms with E-state index in [1.165, 1.54) is 11.3 Å². The summed E-state index contributed by atoms with van der Waals surface area (Å²) in [5.41, 5.74) is 6.24. The van der Waals surface area contributed by atoms with Crippen LogP contribution in [-0.2, 0) is 22.6 Å². The molecule has 35 heavy (non-hydrogen) atoms. The van der Waals surface area contributed by atoms with E-state index in [0.29, 0.717) is 12.5 Å². The molecule has 3 aromatic rings. The van der Waals surface area contributed by atoms with Crippen LogP contribution in [0.5, 0.6) is 0 Å². The van der Waals surface area contributed by atoms with Gasteiger partial charge in [0.2, 0.25) is 11.9 Å². The topological polar surface area (TPSA) is 82.6 Å². The van der Waals surface area contributed by atoms with Crippen LogP contribution in [0, 0.1) is 0 Å². The Morgan fingerprint density at radius 1 is 1.03 bits per heavy atom. The van der Waals surface area contributed by atoms with Crippen molar-refractivity contribution in [3.05, 3.63) is 65.9 Å². The van der Waals surface area contributed by atoms with Gasteiger partial charge in [0.25, 0.3) is 0 Å². The van der Waals surface area contributed by atoms with E-state index in [9.17, 15) is 4.79 Å². The van der Waals surface area contributed by atoms with E-state index in [1.807, 2.05) is 24.3 Å². The first-order chi connectivity index (χ1) is 17.2. The largest absolute Gasteiger partial charge is 0.378 e. The fourth-order valence-corrected chi connectivity index (χ4v) is 5.29. The van der Waals surface area contributed by atoms with Crippen LogP contribution in [0.2, 0.25) is 0 Å². The first-order valence-electron chi connectivity index (χ1n) is 12.4. The average Bonchev–Trinajstić information content (AvgIpc) is 3.36. The number of hydrogen-bond acceptors (Lipinski definition) is 7. The molecule has 1 amide bonds. The second-order valence-electron chi connectivity index (χ2n) is 9.38. The summed E-state index contributed by atoms with van der Waals surface area (Å²) in [5.74, 6) is 0.670. The Labute approximate surface area is 205 Å². The van der Waals surface area contributed by atoms with Crippen molar-refractivity contribution in [2.45, 2.75) is 32.0 Å². The monoisotopic (exact) mass is 470 g/mol. The summed E-state index contributed by atoms with van der Waals surface area (Å²) in [6, 6.07) is 16.4. The van der Waals surface area contributed by atoms with Crippen molar-refractivity contribution in [1.29, 1.82) is 0 Å². The molecular weight excluding hydrogens is 440 g/mol. The van der Waals surface area contributed by atoms with E-state index in [4.69, 9.17) is 9.72 Å². The van der Waals surface area contributed by atoms with Gasteiger partial charge in [0, 0.05) is 49.3 Å². The number of aromatic nitrogens is 2. The maximum atomic E-state index is 13.2. The number of nitrogens with one attached hydrogen (secondary N) is 2. The molecule has 1 atom stereocenters. The highest BCUT2D eigenvalue weighted by molar-refractivity contribution is 5.82. The Morgan fingerprint density at radius 3 is 2.86 bits per heavy atom. The lowest BCUT2D eigenvalue weighted by Crippen LogP contribution is -2.43. The Hall–Kier alpha value is -3.49. The summed E-state index contributed by atoms with van der Waals surface area (Å²) in [6.45, 7) is 5.33. The highest BCUT2D eigenvalue weighted by atomic mass is 16.5. The number of benzene rings is 2. The normalized spacial score (nSPS) is 20.6. The summed E-state index contributed by atoms with van der Waals surface area (Å²) in [4.78, 5) is 27.2. The van der Waals surface area contributed by atoms with Gasteiger partial charge in [0.05, 0.1) is 24.9 Å². The van der Waals surface area contributed by atoms with Crippen LogP contribution < -0.4 is 15.5 Å². The van der Waals surface area contributed by atoms with Crippen LogP contribution in [-0.4, -0.2) is 59.7 Å². The van der Waals surface area contributed by atoms with Crippen molar-refractivity contribution in [3.8, 4) is 11.3 Å². The Balaban J connectivity index is 1.41. The van der Waals surface area contributed by atoms with Gasteiger partial charge in [0.1, 0.15) is 0 Å². The lowest BCUT2D eigenvalue weighted by atomic mass is 10.1. The van der Waals surface area contributed by atoms with E-state index in [2.05, 4.69) is 49.7 Å². The van der Waals surface area contributed by atoms with Gasteiger partial charge >= 0.3 is 0 Å². The number of anilines is 3. The number of ether oxygens (including phenoxy) is 1. The molecule has 2 saturated heterocycles. The third-order valence-corrected chi connectivity index (χ3v) is 7.07. The Morgan fingerprint density at radius 2 is 1.94 bits per heavy atom. The molecule has 0 spiro atoms. The number of fused-ring (bicyclic) bond motifs is 8. The fourth-order valence-electron chi connectivity index (χ4n) is 5.29. The number of amides is 1. The number of morpholine rings is 1. The van der Waals surface area contributed by atoms with Gasteiger partial charge < -0.3 is 20.3 Å². The molecule has 2 fully saturated rings. The molecule has 0 saturated carbocycles. The summed E-state index contributed by atoms with van der Waals surface area (Å²) in [6.07, 6.45) is 3.69. The van der Waals surface area contributed by atoms with Gasteiger partial charge in [0.15, 0.2) is 0 Å². The van der Waals surface area contributed by atoms with Crippen molar-refractivity contribution in [2.24, 2.45) is 0 Å². The molecule has 8 nitrogen and oxygen atoms in total. The SMILES string of the molecule is O=C1NCc2cccc(c2)-c2ccnc(n2)Nc2ccc(N3CCOCC3)c(c2)CN2CCC[C@@H]12. The van der Waals surface area contributed by atoms with Crippen LogP contribution in [0.3, 0.4) is 0 Å². The molecule has 6 bridgehead atoms. The number of hydrogen-bond donors (Lipinski definition) is 2. The predicted octanol–water partition coefficient (Wildman–Crippen LogP) is 3.32. The van der Waals surface area contributed by atoms with Gasteiger partial charge in [-0.25, -0.2) is 9.97 Å². The summed E-state index contributed by atoms with van der Waals surface area (Å²) in [5, 5.41) is 6.59. The molecular formula is C27H30N6O2. The van der Waals surface area contributed by atoms with Crippen LogP contribution in [0.15, 0.2) is 54.7 Å². The molecule has 0 unspecified atom stereocenters. The van der Waals surface area contributed by atoms with Crippen LogP contribution in [0.1, 0.15) is 24.0 Å². The van der Waals surface area contributed by atoms with E-state index in [0.717, 1.165) is 74.7 Å². The maximum Gasteiger partial charge on any atom is 0.237 e. The lowest BCUT2D eigenvalue weighted by molar-refractivity contribution is -0.125. The zero-order chi connectivity index (χ0) is 23.6. The molecule has 2 aromatic carbocycles. The van der Waals surface area contributed by atoms with Gasteiger partial charge in [-0.15, -0.1) is 0 Å². The minimum absolute atomic E-state index is 0.103. The Kier molecular flexibility index (Phi) is 6.06. The quantitative estimate of drug-likeness (QED) is 0.565. The zero-order valence-corrected chi connectivity index (χ0v) is 19.7. The molecule has 2 N–H and O–H groups in total. The van der Waals surface area contributed by atoms with Crippen molar-refractivity contribution >= 4 is 23.2 Å². The smallest absolute Gasteiger partial charge is 0.237 e. The third-order valence-electron chi connectivity index (χ3n) is 7.07. The standard InChI is InChI=1S/C27H30N6O2/c34-26-25-5-2-10-33(25)18-21-16-22(6-7-24(21)32-11-13-35-14-12-32)30-27-28-9-8-23(31-27)20-4-1-3-19(15-20)17-29-26/h1,3-4,6-9,15-16,25H,2,5,10-14,17-18H2,(H,29,34)(H,28,30,31)/t25-/m0/s1. The van der Waals surface area contributed by atoms with Crippen molar-refractivity contribution in [2.75, 3.05) is 43.1 Å². The summed E-state index contributed by atoms with van der Waals surface area (Å²) in [7, 11) is 0. The summed E-state index contributed by atoms with van der Waals surface area (Å²) >= 11 is 0. The van der Waals surface area contributed by atoms with E-state index in [1.54, 1.807) is 6.20 Å². The molecule has 8 heteroatoms. The second kappa shape index (κ2) is 9.64. The summed E-state index contributed by atoms with van der Waals surface area (Å²) < 4.78 is 5.58. The average molecular weight is 471 g/mol. The van der Waals surface area contributed by atoms with Crippen molar-refractivity contribution in [1.82, 2.24) is 20.2 Å². The van der Waals surface area contributed by atoms with Crippen LogP contribution in [0.25, 0.3) is 11.3 Å². The second-order valence-corrected chi connectivity index (χ2v) is 9.38. The van der Waals surface area contributed by atoms with Gasteiger partial charge in [-0.1, -0.05) is 18.2 Å². The number of carbonyl (C=O) groups excluding carboxylic acids is 1. The molecule has 180 valence electrons. The number of nitrogens with zero attached hydrogens (tertiary/aromatic N) is 4. The molecule has 0 radical (unpaired) electrons. The minimum Gasteiger partial charge on any atom is -0.378 e. The predicted molar refractivity (Wildman–Crippen MR) is 136 cm³/mol. The highest BCUT2D eigenvalue weighted by Gasteiger charge is 2.31. The zero-order valence-electron chi connectivity index (χ0n) is 19.7. The van der Waals surface area contributed by atoms with Gasteiger partial charge in [-0.2, -0.15) is 0 Å². The molecule has 3 aliphatic heterocycles. The third kappa shape index (κ3) is 4.72. The van der Waals surface area contributed by atoms with Crippen molar-refractivity contribution < 1.29 is 9.53 Å². The molecule has 1 aromatic heterocycles. The Bertz CT molecular complexity index is 1230. The molecule has 6 rings (SSSR count). The van der Waals surface area contributed by atoms with Crippen LogP contribution >= 0.6 is 0 Å². The first-order valence-corrected chi connectivity index (χ1v) is 12.4. The maximum absolute atomic E-state index is 13.2. The van der Waals surface area contributed by atoms with E-state index in [-0.39, 0.29) is 11.9 Å². The van der Waals surface area contributed by atoms with E-state index < -0.39 is 0 Å². The first kappa shape index (κ1) is 22.0. The van der Waals surface area contributed by atoms with E-state index >= 15 is 0 Å². The van der Waals surface area contributed by atoms with Gasteiger partial charge in [-0.05, 0) is 60.8 Å². The van der Waals surface area contributed by atoms with Gasteiger partial charge in [-0.3, -0.25) is 9.69 Å².